The summed E-state index contributed by atoms with van der Waals surface area (Å²) in [4.78, 5) is 18.9. The molecule has 2 aromatic heterocycles. The Morgan fingerprint density at radius 2 is 2.29 bits per heavy atom. The van der Waals surface area contributed by atoms with Gasteiger partial charge in [-0.2, -0.15) is 0 Å². The number of aryl methyl sites for hydroxylation is 2. The molecule has 3 heterocycles. The molecule has 6 nitrogen and oxygen atoms in total. The van der Waals surface area contributed by atoms with Gasteiger partial charge in [-0.15, -0.1) is 10.2 Å². The van der Waals surface area contributed by atoms with Crippen molar-refractivity contribution < 1.29 is 9.21 Å². The van der Waals surface area contributed by atoms with Gasteiger partial charge < -0.3 is 9.32 Å². The number of amides is 1. The number of fused-ring (bicyclic) bond motifs is 1. The molecule has 0 bridgehead atoms. The molecule has 2 aliphatic rings. The van der Waals surface area contributed by atoms with Crippen molar-refractivity contribution in [1.29, 1.82) is 0 Å². The maximum atomic E-state index is 12.8. The molecule has 0 unspecified atom stereocenters. The van der Waals surface area contributed by atoms with Crippen molar-refractivity contribution >= 4 is 5.91 Å². The molecular formula is C18H22N4O2. The van der Waals surface area contributed by atoms with Gasteiger partial charge in [0, 0.05) is 32.4 Å². The van der Waals surface area contributed by atoms with E-state index in [4.69, 9.17) is 4.42 Å². The van der Waals surface area contributed by atoms with Crippen LogP contribution in [0.15, 0.2) is 22.9 Å². The zero-order chi connectivity index (χ0) is 16.7. The quantitative estimate of drug-likeness (QED) is 0.864. The third-order valence-corrected chi connectivity index (χ3v) is 5.66. The van der Waals surface area contributed by atoms with Gasteiger partial charge in [0.25, 0.3) is 0 Å². The first-order valence-corrected chi connectivity index (χ1v) is 8.56. The summed E-state index contributed by atoms with van der Waals surface area (Å²) in [5.41, 5.74) is 1.98. The van der Waals surface area contributed by atoms with Gasteiger partial charge in [0.15, 0.2) is 0 Å². The molecule has 1 saturated heterocycles. The molecule has 0 radical (unpaired) electrons. The summed E-state index contributed by atoms with van der Waals surface area (Å²) in [6, 6.07) is 1.95. The number of hydrogen-bond donors (Lipinski definition) is 0. The lowest BCUT2D eigenvalue weighted by molar-refractivity contribution is -0.129. The fraction of sp³-hybridized carbons (Fsp3) is 0.556. The highest BCUT2D eigenvalue weighted by molar-refractivity contribution is 5.79. The molecule has 1 aliphatic heterocycles. The van der Waals surface area contributed by atoms with Crippen molar-refractivity contribution in [2.24, 2.45) is 5.92 Å². The number of nitrogens with zero attached hydrogens (tertiary/aromatic N) is 4. The normalized spacial score (nSPS) is 25.9. The van der Waals surface area contributed by atoms with Crippen LogP contribution in [0, 0.1) is 19.8 Å². The van der Waals surface area contributed by atoms with E-state index in [1.54, 1.807) is 12.4 Å². The predicted octanol–water partition coefficient (Wildman–Crippen LogP) is 2.20. The van der Waals surface area contributed by atoms with Crippen molar-refractivity contribution in [2.45, 2.75) is 44.9 Å². The van der Waals surface area contributed by atoms with Crippen LogP contribution < -0.4 is 0 Å². The van der Waals surface area contributed by atoms with E-state index in [-0.39, 0.29) is 11.3 Å². The average Bonchev–Trinajstić information content (AvgIpc) is 3.23. The highest BCUT2D eigenvalue weighted by Crippen LogP contribution is 2.50. The highest BCUT2D eigenvalue weighted by atomic mass is 16.4. The summed E-state index contributed by atoms with van der Waals surface area (Å²) in [5, 5.41) is 8.30. The Kier molecular flexibility index (Phi) is 3.62. The van der Waals surface area contributed by atoms with Gasteiger partial charge >= 0.3 is 0 Å². The van der Waals surface area contributed by atoms with Crippen LogP contribution in [0.4, 0.5) is 0 Å². The molecule has 2 fully saturated rings. The van der Waals surface area contributed by atoms with Crippen LogP contribution in [0.25, 0.3) is 0 Å². The zero-order valence-corrected chi connectivity index (χ0v) is 14.2. The molecule has 1 amide bonds. The van der Waals surface area contributed by atoms with Gasteiger partial charge in [-0.3, -0.25) is 9.78 Å². The van der Waals surface area contributed by atoms with Crippen LogP contribution in [0.2, 0.25) is 0 Å². The Labute approximate surface area is 141 Å². The third kappa shape index (κ3) is 2.41. The molecule has 1 aliphatic carbocycles. The summed E-state index contributed by atoms with van der Waals surface area (Å²) in [5.74, 6) is 1.91. The smallest absolute Gasteiger partial charge is 0.227 e. The van der Waals surface area contributed by atoms with Crippen LogP contribution in [-0.4, -0.2) is 39.1 Å². The van der Waals surface area contributed by atoms with E-state index in [0.717, 1.165) is 42.8 Å². The largest absolute Gasteiger partial charge is 0.425 e. The van der Waals surface area contributed by atoms with Crippen LogP contribution in [0.3, 0.4) is 0 Å². The van der Waals surface area contributed by atoms with Gasteiger partial charge in [0.05, 0.1) is 11.8 Å². The van der Waals surface area contributed by atoms with E-state index in [1.807, 2.05) is 24.8 Å². The van der Waals surface area contributed by atoms with Crippen molar-refractivity contribution in [3.8, 4) is 0 Å². The molecule has 0 spiro atoms. The maximum Gasteiger partial charge on any atom is 0.227 e. The van der Waals surface area contributed by atoms with Crippen LogP contribution >= 0.6 is 0 Å². The molecule has 2 atom stereocenters. The molecule has 6 heteroatoms. The number of hydrogen-bond acceptors (Lipinski definition) is 5. The minimum Gasteiger partial charge on any atom is -0.425 e. The van der Waals surface area contributed by atoms with E-state index in [2.05, 4.69) is 15.2 Å². The number of aromatic nitrogens is 3. The van der Waals surface area contributed by atoms with Crippen LogP contribution in [0.5, 0.6) is 0 Å². The monoisotopic (exact) mass is 326 g/mol. The van der Waals surface area contributed by atoms with Crippen LogP contribution in [-0.2, 0) is 16.6 Å². The Morgan fingerprint density at radius 3 is 3.04 bits per heavy atom. The minimum absolute atomic E-state index is 0.138. The maximum absolute atomic E-state index is 12.8. The topological polar surface area (TPSA) is 72.1 Å². The van der Waals surface area contributed by atoms with E-state index >= 15 is 0 Å². The Bertz CT molecular complexity index is 772. The van der Waals surface area contributed by atoms with Gasteiger partial charge in [-0.1, -0.05) is 6.42 Å². The third-order valence-electron chi connectivity index (χ3n) is 5.66. The van der Waals surface area contributed by atoms with Crippen molar-refractivity contribution in [3.05, 3.63) is 41.4 Å². The number of carbonyl (C=O) groups excluding carboxylic acids is 1. The van der Waals surface area contributed by atoms with Crippen molar-refractivity contribution in [2.75, 3.05) is 13.1 Å². The summed E-state index contributed by atoms with van der Waals surface area (Å²) >= 11 is 0. The Morgan fingerprint density at radius 1 is 1.42 bits per heavy atom. The van der Waals surface area contributed by atoms with Crippen molar-refractivity contribution in [3.63, 3.8) is 0 Å². The fourth-order valence-electron chi connectivity index (χ4n) is 4.28. The predicted molar refractivity (Wildman–Crippen MR) is 87.3 cm³/mol. The summed E-state index contributed by atoms with van der Waals surface area (Å²) in [7, 11) is 0. The van der Waals surface area contributed by atoms with Crippen molar-refractivity contribution in [1.82, 2.24) is 20.1 Å². The molecule has 24 heavy (non-hydrogen) atoms. The summed E-state index contributed by atoms with van der Waals surface area (Å²) in [6.07, 6.45) is 7.27. The van der Waals surface area contributed by atoms with Gasteiger partial charge in [-0.05, 0) is 42.9 Å². The molecule has 0 N–H and O–H groups in total. The van der Waals surface area contributed by atoms with E-state index in [9.17, 15) is 4.79 Å². The molecule has 2 aromatic rings. The fourth-order valence-corrected chi connectivity index (χ4v) is 4.28. The second kappa shape index (κ2) is 5.69. The lowest BCUT2D eigenvalue weighted by Gasteiger charge is -2.24. The van der Waals surface area contributed by atoms with Gasteiger partial charge in [0.1, 0.15) is 0 Å². The van der Waals surface area contributed by atoms with Crippen LogP contribution in [0.1, 0.15) is 42.2 Å². The minimum atomic E-state index is -0.138. The Balaban J connectivity index is 1.55. The molecule has 0 aromatic carbocycles. The van der Waals surface area contributed by atoms with Gasteiger partial charge in [-0.25, -0.2) is 0 Å². The second-order valence-corrected chi connectivity index (χ2v) is 7.12. The molecule has 1 saturated carbocycles. The first kappa shape index (κ1) is 15.3. The first-order valence-electron chi connectivity index (χ1n) is 8.56. The van der Waals surface area contributed by atoms with Gasteiger partial charge in [0.2, 0.25) is 17.7 Å². The summed E-state index contributed by atoms with van der Waals surface area (Å²) in [6.45, 7) is 5.32. The lowest BCUT2D eigenvalue weighted by Crippen LogP contribution is -2.35. The lowest BCUT2D eigenvalue weighted by atomic mass is 9.80. The zero-order valence-electron chi connectivity index (χ0n) is 14.2. The van der Waals surface area contributed by atoms with E-state index < -0.39 is 0 Å². The number of rotatable bonds is 3. The molecule has 126 valence electrons. The second-order valence-electron chi connectivity index (χ2n) is 7.12. The standard InChI is InChI=1S/C18H22N4O2/c1-12-5-7-19-9-14(12)8-16(23)22-10-15-4-3-6-18(15,11-22)17-21-20-13(2)24-17/h5,7,9,15H,3-4,6,8,10-11H2,1-2H3/t15-,18-/m0/s1. The van der Waals surface area contributed by atoms with E-state index in [0.29, 0.717) is 24.8 Å². The van der Waals surface area contributed by atoms with E-state index in [1.165, 1.54) is 0 Å². The first-order chi connectivity index (χ1) is 11.6. The Hall–Kier alpha value is -2.24. The summed E-state index contributed by atoms with van der Waals surface area (Å²) < 4.78 is 5.77. The number of carbonyl (C=O) groups is 1. The molecular weight excluding hydrogens is 304 g/mol. The highest BCUT2D eigenvalue weighted by Gasteiger charge is 2.54. The number of likely N-dealkylation sites (tertiary alicyclic amines) is 1. The number of pyridine rings is 1. The molecule has 4 rings (SSSR count). The SMILES string of the molecule is Cc1nnc([C@]23CCC[C@H]2CN(C(=O)Cc2cnccc2C)C3)o1. The average molecular weight is 326 g/mol.